The summed E-state index contributed by atoms with van der Waals surface area (Å²) in [6.45, 7) is 2.86. The number of ether oxygens (including phenoxy) is 3. The normalized spacial score (nSPS) is 10.6. The van der Waals surface area contributed by atoms with E-state index in [9.17, 15) is 4.79 Å². The van der Waals surface area contributed by atoms with Crippen LogP contribution in [-0.4, -0.2) is 24.8 Å². The van der Waals surface area contributed by atoms with Gasteiger partial charge in [0.05, 0.1) is 13.7 Å². The summed E-state index contributed by atoms with van der Waals surface area (Å²) in [4.78, 5) is 10.6. The molecule has 0 aliphatic carbocycles. The zero-order valence-corrected chi connectivity index (χ0v) is 13.7. The quantitative estimate of drug-likeness (QED) is 0.747. The van der Waals surface area contributed by atoms with Crippen molar-refractivity contribution in [2.45, 2.75) is 13.5 Å². The molecule has 0 aromatic heterocycles. The van der Waals surface area contributed by atoms with Gasteiger partial charge in [-0.05, 0) is 55.0 Å². The molecule has 0 atom stereocenters. The predicted octanol–water partition coefficient (Wildman–Crippen LogP) is 3.77. The van der Waals surface area contributed by atoms with E-state index in [1.807, 2.05) is 37.3 Å². The molecule has 126 valence electrons. The van der Waals surface area contributed by atoms with E-state index in [1.165, 1.54) is 6.08 Å². The van der Waals surface area contributed by atoms with E-state index >= 15 is 0 Å². The van der Waals surface area contributed by atoms with Gasteiger partial charge in [-0.2, -0.15) is 0 Å². The van der Waals surface area contributed by atoms with E-state index in [-0.39, 0.29) is 0 Å². The number of carboxylic acids is 1. The molecular formula is C19H20O5. The summed E-state index contributed by atoms with van der Waals surface area (Å²) >= 11 is 0. The molecule has 24 heavy (non-hydrogen) atoms. The lowest BCUT2D eigenvalue weighted by atomic mass is 10.1. The summed E-state index contributed by atoms with van der Waals surface area (Å²) in [5.74, 6) is 1.21. The van der Waals surface area contributed by atoms with Crippen LogP contribution < -0.4 is 14.2 Å². The maximum absolute atomic E-state index is 10.6. The van der Waals surface area contributed by atoms with Gasteiger partial charge in [0.1, 0.15) is 23.9 Å². The van der Waals surface area contributed by atoms with Crippen molar-refractivity contribution >= 4 is 12.0 Å². The van der Waals surface area contributed by atoms with Gasteiger partial charge >= 0.3 is 5.97 Å². The summed E-state index contributed by atoms with van der Waals surface area (Å²) < 4.78 is 16.5. The average Bonchev–Trinajstić information content (AvgIpc) is 2.59. The number of carbonyl (C=O) groups is 1. The first-order valence-corrected chi connectivity index (χ1v) is 7.56. The molecule has 0 unspecified atom stereocenters. The first kappa shape index (κ1) is 17.4. The summed E-state index contributed by atoms with van der Waals surface area (Å²) in [6, 6.07) is 12.8. The Labute approximate surface area is 141 Å². The molecule has 5 heteroatoms. The molecule has 0 saturated carbocycles. The monoisotopic (exact) mass is 328 g/mol. The molecule has 0 heterocycles. The maximum atomic E-state index is 10.6. The number of benzene rings is 2. The second-order valence-corrected chi connectivity index (χ2v) is 4.94. The zero-order chi connectivity index (χ0) is 17.4. The Morgan fingerprint density at radius 3 is 2.33 bits per heavy atom. The molecule has 0 saturated heterocycles. The third-order valence-electron chi connectivity index (χ3n) is 3.25. The SMILES string of the molecule is CCOc1ccc(OCc2cc(/C=C/C(=O)O)ccc2OC)cc1. The van der Waals surface area contributed by atoms with Gasteiger partial charge in [-0.25, -0.2) is 4.79 Å². The number of aliphatic carboxylic acids is 1. The molecule has 0 aliphatic rings. The molecule has 0 radical (unpaired) electrons. The standard InChI is InChI=1S/C19H20O5/c1-3-23-16-6-8-17(9-7-16)24-13-15-12-14(5-11-19(20)21)4-10-18(15)22-2/h4-12H,3,13H2,1-2H3,(H,20,21)/b11-5+. The molecule has 1 N–H and O–H groups in total. The van der Waals surface area contributed by atoms with Crippen molar-refractivity contribution in [1.29, 1.82) is 0 Å². The Bertz CT molecular complexity index is 704. The van der Waals surface area contributed by atoms with Gasteiger partial charge < -0.3 is 19.3 Å². The molecule has 0 aliphatic heterocycles. The van der Waals surface area contributed by atoms with E-state index < -0.39 is 5.97 Å². The van der Waals surface area contributed by atoms with E-state index in [0.717, 1.165) is 23.0 Å². The van der Waals surface area contributed by atoms with Gasteiger partial charge in [0.25, 0.3) is 0 Å². The highest BCUT2D eigenvalue weighted by Crippen LogP contribution is 2.24. The number of hydrogen-bond acceptors (Lipinski definition) is 4. The molecule has 0 bridgehead atoms. The third-order valence-corrected chi connectivity index (χ3v) is 3.25. The van der Waals surface area contributed by atoms with E-state index in [1.54, 1.807) is 19.2 Å². The average molecular weight is 328 g/mol. The summed E-state index contributed by atoms with van der Waals surface area (Å²) in [7, 11) is 1.59. The van der Waals surface area contributed by atoms with Crippen molar-refractivity contribution in [2.24, 2.45) is 0 Å². The van der Waals surface area contributed by atoms with Gasteiger partial charge in [0, 0.05) is 11.6 Å². The molecular weight excluding hydrogens is 308 g/mol. The van der Waals surface area contributed by atoms with Gasteiger partial charge in [-0.3, -0.25) is 0 Å². The van der Waals surface area contributed by atoms with E-state index in [4.69, 9.17) is 19.3 Å². The van der Waals surface area contributed by atoms with Crippen molar-refractivity contribution in [2.75, 3.05) is 13.7 Å². The minimum atomic E-state index is -0.988. The number of rotatable bonds is 8. The Hall–Kier alpha value is -2.95. The molecule has 5 nitrogen and oxygen atoms in total. The van der Waals surface area contributed by atoms with Crippen molar-refractivity contribution in [3.8, 4) is 17.2 Å². The molecule has 2 rings (SSSR count). The Morgan fingerprint density at radius 2 is 1.75 bits per heavy atom. The highest BCUT2D eigenvalue weighted by molar-refractivity contribution is 5.85. The first-order valence-electron chi connectivity index (χ1n) is 7.56. The van der Waals surface area contributed by atoms with Crippen LogP contribution >= 0.6 is 0 Å². The lowest BCUT2D eigenvalue weighted by Crippen LogP contribution is -1.99. The second kappa shape index (κ2) is 8.62. The van der Waals surface area contributed by atoms with E-state index in [0.29, 0.717) is 24.7 Å². The fourth-order valence-corrected chi connectivity index (χ4v) is 2.14. The van der Waals surface area contributed by atoms with Crippen molar-refractivity contribution in [1.82, 2.24) is 0 Å². The minimum absolute atomic E-state index is 0.311. The number of carboxylic acid groups (broad SMARTS) is 1. The number of hydrogen-bond donors (Lipinski definition) is 1. The summed E-state index contributed by atoms with van der Waals surface area (Å²) in [5.41, 5.74) is 1.60. The topological polar surface area (TPSA) is 65.0 Å². The number of methoxy groups -OCH3 is 1. The lowest BCUT2D eigenvalue weighted by Gasteiger charge is -2.12. The van der Waals surface area contributed by atoms with E-state index in [2.05, 4.69) is 0 Å². The molecule has 2 aromatic rings. The van der Waals surface area contributed by atoms with Crippen LogP contribution in [0.2, 0.25) is 0 Å². The fraction of sp³-hybridized carbons (Fsp3) is 0.211. The van der Waals surface area contributed by atoms with Crippen molar-refractivity contribution in [3.63, 3.8) is 0 Å². The highest BCUT2D eigenvalue weighted by atomic mass is 16.5. The fourth-order valence-electron chi connectivity index (χ4n) is 2.14. The van der Waals surface area contributed by atoms with Crippen LogP contribution in [0, 0.1) is 0 Å². The summed E-state index contributed by atoms with van der Waals surface area (Å²) in [5, 5.41) is 8.71. The van der Waals surface area contributed by atoms with Crippen LogP contribution in [0.3, 0.4) is 0 Å². The Kier molecular flexibility index (Phi) is 6.25. The Morgan fingerprint density at radius 1 is 1.08 bits per heavy atom. The second-order valence-electron chi connectivity index (χ2n) is 4.94. The van der Waals surface area contributed by atoms with Crippen LogP contribution in [0.15, 0.2) is 48.5 Å². The zero-order valence-electron chi connectivity index (χ0n) is 13.7. The lowest BCUT2D eigenvalue weighted by molar-refractivity contribution is -0.131. The van der Waals surface area contributed by atoms with Gasteiger partial charge in [-0.15, -0.1) is 0 Å². The predicted molar refractivity (Wildman–Crippen MR) is 91.6 cm³/mol. The molecule has 0 spiro atoms. The van der Waals surface area contributed by atoms with Crippen LogP contribution in [-0.2, 0) is 11.4 Å². The molecule has 2 aromatic carbocycles. The van der Waals surface area contributed by atoms with Gasteiger partial charge in [0.15, 0.2) is 0 Å². The van der Waals surface area contributed by atoms with Crippen molar-refractivity contribution in [3.05, 3.63) is 59.7 Å². The maximum Gasteiger partial charge on any atom is 0.328 e. The van der Waals surface area contributed by atoms with Crippen LogP contribution in [0.5, 0.6) is 17.2 Å². The van der Waals surface area contributed by atoms with Crippen LogP contribution in [0.4, 0.5) is 0 Å². The molecule has 0 amide bonds. The smallest absolute Gasteiger partial charge is 0.328 e. The van der Waals surface area contributed by atoms with Crippen molar-refractivity contribution < 1.29 is 24.1 Å². The summed E-state index contributed by atoms with van der Waals surface area (Å²) in [6.07, 6.45) is 2.63. The molecule has 0 fully saturated rings. The Balaban J connectivity index is 2.09. The third kappa shape index (κ3) is 5.05. The largest absolute Gasteiger partial charge is 0.496 e. The first-order chi connectivity index (χ1) is 11.6. The van der Waals surface area contributed by atoms with Crippen LogP contribution in [0.1, 0.15) is 18.1 Å². The minimum Gasteiger partial charge on any atom is -0.496 e. The van der Waals surface area contributed by atoms with Gasteiger partial charge in [0.2, 0.25) is 0 Å². The highest BCUT2D eigenvalue weighted by Gasteiger charge is 2.05. The van der Waals surface area contributed by atoms with Gasteiger partial charge in [-0.1, -0.05) is 6.07 Å². The van der Waals surface area contributed by atoms with Crippen LogP contribution in [0.25, 0.3) is 6.08 Å².